The van der Waals surface area contributed by atoms with E-state index in [1.165, 1.54) is 0 Å². The van der Waals surface area contributed by atoms with Crippen molar-refractivity contribution in [1.82, 2.24) is 0 Å². The number of carbonyl (C=O) groups is 5. The van der Waals surface area contributed by atoms with E-state index in [4.69, 9.17) is 37.9 Å². The van der Waals surface area contributed by atoms with E-state index in [2.05, 4.69) is 19.7 Å². The molecular formula is C47H48O13. The molecule has 0 aromatic heterocycles. The monoisotopic (exact) mass is 820 g/mol. The van der Waals surface area contributed by atoms with Crippen LogP contribution in [0.15, 0.2) is 111 Å². The van der Waals surface area contributed by atoms with Gasteiger partial charge in [-0.2, -0.15) is 0 Å². The SMILES string of the molecule is C=CC(=O)OCCCCOCC(COc1ccc(C(=O)Oc2ccc(-c3ccc(OC(=O)c4ccc(OCOC(=O)C=C)c(C)c4)c(C)c3)cc2C)cc1C)OC(=O)C=C. The summed E-state index contributed by atoms with van der Waals surface area (Å²) in [5.74, 6) is -1.10. The average molecular weight is 821 g/mol. The van der Waals surface area contributed by atoms with E-state index in [1.54, 1.807) is 62.4 Å². The van der Waals surface area contributed by atoms with Crippen LogP contribution < -0.4 is 18.9 Å². The van der Waals surface area contributed by atoms with Crippen molar-refractivity contribution in [3.05, 3.63) is 144 Å². The molecule has 314 valence electrons. The van der Waals surface area contributed by atoms with Crippen molar-refractivity contribution in [1.29, 1.82) is 0 Å². The molecule has 1 unspecified atom stereocenters. The van der Waals surface area contributed by atoms with Gasteiger partial charge < -0.3 is 37.9 Å². The fourth-order valence-electron chi connectivity index (χ4n) is 5.56. The normalized spacial score (nSPS) is 11.0. The third-order valence-electron chi connectivity index (χ3n) is 8.76. The summed E-state index contributed by atoms with van der Waals surface area (Å²) < 4.78 is 43.7. The maximum Gasteiger partial charge on any atom is 0.343 e. The number of aryl methyl sites for hydroxylation is 4. The first-order valence-electron chi connectivity index (χ1n) is 18.9. The van der Waals surface area contributed by atoms with E-state index in [0.29, 0.717) is 64.7 Å². The number of benzene rings is 4. The molecule has 0 radical (unpaired) electrons. The Morgan fingerprint density at radius 3 is 1.50 bits per heavy atom. The molecule has 13 nitrogen and oxygen atoms in total. The first kappa shape index (κ1) is 45.7. The minimum absolute atomic E-state index is 0.00923. The van der Waals surface area contributed by atoms with E-state index < -0.39 is 36.0 Å². The second kappa shape index (κ2) is 22.8. The van der Waals surface area contributed by atoms with Crippen molar-refractivity contribution in [2.45, 2.75) is 46.6 Å². The molecule has 0 aliphatic rings. The second-order valence-corrected chi connectivity index (χ2v) is 13.4. The van der Waals surface area contributed by atoms with Crippen LogP contribution in [0, 0.1) is 27.7 Å². The topological polar surface area (TPSA) is 159 Å². The maximum absolute atomic E-state index is 13.2. The van der Waals surface area contributed by atoms with Gasteiger partial charge in [-0.3, -0.25) is 0 Å². The van der Waals surface area contributed by atoms with Gasteiger partial charge in [0.05, 0.1) is 24.3 Å². The Hall–Kier alpha value is -6.99. The molecule has 1 atom stereocenters. The lowest BCUT2D eigenvalue weighted by molar-refractivity contribution is -0.148. The molecule has 0 aliphatic carbocycles. The van der Waals surface area contributed by atoms with Crippen LogP contribution in [0.3, 0.4) is 0 Å². The van der Waals surface area contributed by atoms with Gasteiger partial charge in [-0.15, -0.1) is 0 Å². The van der Waals surface area contributed by atoms with Gasteiger partial charge in [-0.25, -0.2) is 24.0 Å². The molecule has 13 heteroatoms. The summed E-state index contributed by atoms with van der Waals surface area (Å²) in [6, 6.07) is 20.6. The van der Waals surface area contributed by atoms with E-state index in [1.807, 2.05) is 38.1 Å². The molecule has 0 fully saturated rings. The van der Waals surface area contributed by atoms with Crippen LogP contribution in [0.1, 0.15) is 55.8 Å². The van der Waals surface area contributed by atoms with Gasteiger partial charge in [-0.05, 0) is 135 Å². The summed E-state index contributed by atoms with van der Waals surface area (Å²) in [6.07, 6.45) is 3.69. The fourth-order valence-corrected chi connectivity index (χ4v) is 5.56. The van der Waals surface area contributed by atoms with Crippen LogP contribution in [0.25, 0.3) is 11.1 Å². The Kier molecular flexibility index (Phi) is 17.4. The molecule has 0 saturated carbocycles. The number of hydrogen-bond donors (Lipinski definition) is 0. The lowest BCUT2D eigenvalue weighted by Crippen LogP contribution is -2.29. The summed E-state index contributed by atoms with van der Waals surface area (Å²) in [5, 5.41) is 0. The Labute approximate surface area is 349 Å². The number of esters is 5. The van der Waals surface area contributed by atoms with Gasteiger partial charge in [-0.1, -0.05) is 31.9 Å². The minimum Gasteiger partial charge on any atom is -0.489 e. The van der Waals surface area contributed by atoms with E-state index in [-0.39, 0.29) is 26.6 Å². The zero-order valence-electron chi connectivity index (χ0n) is 34.1. The van der Waals surface area contributed by atoms with Crippen molar-refractivity contribution in [2.24, 2.45) is 0 Å². The highest BCUT2D eigenvalue weighted by atomic mass is 16.7. The fraction of sp³-hybridized carbons (Fsp3) is 0.255. The number of unbranched alkanes of at least 4 members (excludes halogenated alkanes) is 1. The number of carbonyl (C=O) groups excluding carboxylic acids is 5. The Morgan fingerprint density at radius 1 is 0.533 bits per heavy atom. The van der Waals surface area contributed by atoms with E-state index >= 15 is 0 Å². The molecule has 60 heavy (non-hydrogen) atoms. The maximum atomic E-state index is 13.2. The molecule has 0 aliphatic heterocycles. The van der Waals surface area contributed by atoms with Crippen molar-refractivity contribution in [3.8, 4) is 34.1 Å². The molecule has 0 amide bonds. The number of ether oxygens (including phenoxy) is 8. The number of rotatable bonds is 22. The van der Waals surface area contributed by atoms with Crippen LogP contribution >= 0.6 is 0 Å². The predicted molar refractivity (Wildman–Crippen MR) is 222 cm³/mol. The van der Waals surface area contributed by atoms with E-state index in [9.17, 15) is 24.0 Å². The van der Waals surface area contributed by atoms with Crippen LogP contribution in [-0.2, 0) is 33.3 Å². The standard InChI is InChI=1S/C47H48O13/c1-8-43(48)54-22-12-11-21-53-27-38(58-45(50)10-3)28-55-39-17-15-36(25-30(39)4)46(51)59-41-19-13-34(23-32(41)6)35-14-20-42(33(7)24-35)60-47(52)37-16-18-40(31(5)26-37)56-29-57-44(49)9-2/h8-10,13-20,23-26,38H,1-3,11-12,21-22,27-29H2,4-7H3. The highest BCUT2D eigenvalue weighted by Crippen LogP contribution is 2.31. The highest BCUT2D eigenvalue weighted by molar-refractivity contribution is 5.92. The van der Waals surface area contributed by atoms with Crippen molar-refractivity contribution >= 4 is 29.8 Å². The quantitative estimate of drug-likeness (QED) is 0.0187. The third-order valence-corrected chi connectivity index (χ3v) is 8.76. The minimum atomic E-state index is -0.728. The van der Waals surface area contributed by atoms with E-state index in [0.717, 1.165) is 40.5 Å². The first-order valence-corrected chi connectivity index (χ1v) is 18.9. The molecule has 4 rings (SSSR count). The molecular weight excluding hydrogens is 773 g/mol. The average Bonchev–Trinajstić information content (AvgIpc) is 3.24. The lowest BCUT2D eigenvalue weighted by atomic mass is 10.0. The lowest BCUT2D eigenvalue weighted by Gasteiger charge is -2.19. The van der Waals surface area contributed by atoms with Crippen LogP contribution in [-0.4, -0.2) is 69.2 Å². The molecule has 0 spiro atoms. The van der Waals surface area contributed by atoms with Crippen LogP contribution in [0.4, 0.5) is 0 Å². The number of hydrogen-bond acceptors (Lipinski definition) is 13. The molecule has 0 bridgehead atoms. The third kappa shape index (κ3) is 13.8. The predicted octanol–water partition coefficient (Wildman–Crippen LogP) is 8.09. The molecule has 0 saturated heterocycles. The Bertz CT molecular complexity index is 2220. The molecule has 4 aromatic carbocycles. The van der Waals surface area contributed by atoms with Crippen molar-refractivity contribution in [3.63, 3.8) is 0 Å². The summed E-state index contributed by atoms with van der Waals surface area (Å²) in [7, 11) is 0. The van der Waals surface area contributed by atoms with Crippen molar-refractivity contribution < 1.29 is 61.9 Å². The largest absolute Gasteiger partial charge is 0.489 e. The second-order valence-electron chi connectivity index (χ2n) is 13.4. The van der Waals surface area contributed by atoms with Gasteiger partial charge in [0.25, 0.3) is 0 Å². The van der Waals surface area contributed by atoms with Crippen molar-refractivity contribution in [2.75, 3.05) is 33.2 Å². The van der Waals surface area contributed by atoms with Gasteiger partial charge in [0.15, 0.2) is 6.10 Å². The molecule has 4 aromatic rings. The van der Waals surface area contributed by atoms with Gasteiger partial charge in [0, 0.05) is 24.8 Å². The molecule has 0 N–H and O–H groups in total. The molecule has 0 heterocycles. The smallest absolute Gasteiger partial charge is 0.343 e. The summed E-state index contributed by atoms with van der Waals surface area (Å²) in [5.41, 5.74) is 5.14. The Morgan fingerprint density at radius 2 is 1.00 bits per heavy atom. The zero-order chi connectivity index (χ0) is 43.6. The van der Waals surface area contributed by atoms with Gasteiger partial charge in [0.2, 0.25) is 6.79 Å². The zero-order valence-corrected chi connectivity index (χ0v) is 34.1. The Balaban J connectivity index is 1.31. The highest BCUT2D eigenvalue weighted by Gasteiger charge is 2.18. The van der Waals surface area contributed by atoms with Crippen LogP contribution in [0.5, 0.6) is 23.0 Å². The summed E-state index contributed by atoms with van der Waals surface area (Å²) >= 11 is 0. The first-order chi connectivity index (χ1) is 28.8. The van der Waals surface area contributed by atoms with Gasteiger partial charge in [0.1, 0.15) is 29.6 Å². The van der Waals surface area contributed by atoms with Crippen LogP contribution in [0.2, 0.25) is 0 Å². The summed E-state index contributed by atoms with van der Waals surface area (Å²) in [6.45, 7) is 17.7. The van der Waals surface area contributed by atoms with Gasteiger partial charge >= 0.3 is 29.8 Å². The summed E-state index contributed by atoms with van der Waals surface area (Å²) in [4.78, 5) is 60.5.